The highest BCUT2D eigenvalue weighted by Crippen LogP contribution is 2.35. The lowest BCUT2D eigenvalue weighted by Crippen LogP contribution is -2.11. The molecule has 2 rings (SSSR count). The summed E-state index contributed by atoms with van der Waals surface area (Å²) in [6, 6.07) is 8.91. The van der Waals surface area contributed by atoms with Crippen molar-refractivity contribution < 1.29 is 19.1 Å². The highest BCUT2D eigenvalue weighted by atomic mass is 35.5. The summed E-state index contributed by atoms with van der Waals surface area (Å²) in [7, 11) is 0. The van der Waals surface area contributed by atoms with Crippen molar-refractivity contribution in [2.45, 2.75) is 26.2 Å². The van der Waals surface area contributed by atoms with Gasteiger partial charge in [-0.1, -0.05) is 60.6 Å². The standard InChI is InChI=1S/C19H17Cl3O4/c1-2-3-4-8-25-18(23)12-6-5-7-13(9-12)19(24)26-16-11-14(20)10-15(21)17(16)22/h5-7,9-11H,2-4,8H2,1H3. The first-order valence-electron chi connectivity index (χ1n) is 8.06. The van der Waals surface area contributed by atoms with Crippen LogP contribution in [-0.4, -0.2) is 18.5 Å². The summed E-state index contributed by atoms with van der Waals surface area (Å²) < 4.78 is 10.4. The van der Waals surface area contributed by atoms with Crippen molar-refractivity contribution in [3.63, 3.8) is 0 Å². The average Bonchev–Trinajstić information content (AvgIpc) is 2.62. The Balaban J connectivity index is 2.09. The summed E-state index contributed by atoms with van der Waals surface area (Å²) in [6.45, 7) is 2.41. The van der Waals surface area contributed by atoms with E-state index >= 15 is 0 Å². The van der Waals surface area contributed by atoms with E-state index in [-0.39, 0.29) is 31.9 Å². The van der Waals surface area contributed by atoms with Crippen LogP contribution in [-0.2, 0) is 4.74 Å². The average molecular weight is 416 g/mol. The summed E-state index contributed by atoms with van der Waals surface area (Å²) in [5.74, 6) is -1.13. The van der Waals surface area contributed by atoms with Gasteiger partial charge in [0.2, 0.25) is 0 Å². The molecule has 0 radical (unpaired) electrons. The second-order valence-corrected chi connectivity index (χ2v) is 6.73. The van der Waals surface area contributed by atoms with Crippen LogP contribution in [0.5, 0.6) is 5.75 Å². The van der Waals surface area contributed by atoms with Gasteiger partial charge >= 0.3 is 11.9 Å². The lowest BCUT2D eigenvalue weighted by atomic mass is 10.1. The third kappa shape index (κ3) is 5.63. The fraction of sp³-hybridized carbons (Fsp3) is 0.263. The minimum absolute atomic E-state index is 0.0433. The Morgan fingerprint density at radius 2 is 1.65 bits per heavy atom. The minimum Gasteiger partial charge on any atom is -0.462 e. The molecule has 0 aliphatic heterocycles. The van der Waals surface area contributed by atoms with Gasteiger partial charge in [-0.15, -0.1) is 0 Å². The molecular formula is C19H17Cl3O4. The van der Waals surface area contributed by atoms with Crippen molar-refractivity contribution in [3.8, 4) is 5.75 Å². The third-order valence-corrected chi connectivity index (χ3v) is 4.48. The maximum atomic E-state index is 12.3. The monoisotopic (exact) mass is 414 g/mol. The molecule has 0 unspecified atom stereocenters. The zero-order valence-corrected chi connectivity index (χ0v) is 16.3. The molecule has 0 aliphatic carbocycles. The Hall–Kier alpha value is -1.75. The molecule has 0 aliphatic rings. The van der Waals surface area contributed by atoms with Gasteiger partial charge in [0.25, 0.3) is 0 Å². The number of esters is 2. The largest absolute Gasteiger partial charge is 0.462 e. The number of halogens is 3. The number of carbonyl (C=O) groups excluding carboxylic acids is 2. The Morgan fingerprint density at radius 1 is 0.962 bits per heavy atom. The van der Waals surface area contributed by atoms with Crippen molar-refractivity contribution in [3.05, 3.63) is 62.6 Å². The van der Waals surface area contributed by atoms with E-state index in [0.29, 0.717) is 6.61 Å². The first-order valence-corrected chi connectivity index (χ1v) is 9.19. The topological polar surface area (TPSA) is 52.6 Å². The van der Waals surface area contributed by atoms with Crippen molar-refractivity contribution >= 4 is 46.7 Å². The Bertz CT molecular complexity index is 805. The van der Waals surface area contributed by atoms with Crippen LogP contribution >= 0.6 is 34.8 Å². The van der Waals surface area contributed by atoms with Gasteiger partial charge in [-0.3, -0.25) is 0 Å². The van der Waals surface area contributed by atoms with Crippen LogP contribution < -0.4 is 4.74 Å². The molecule has 0 bridgehead atoms. The molecule has 0 saturated heterocycles. The van der Waals surface area contributed by atoms with Gasteiger partial charge in [0.15, 0.2) is 5.75 Å². The molecule has 0 atom stereocenters. The molecular weight excluding hydrogens is 399 g/mol. The van der Waals surface area contributed by atoms with Crippen molar-refractivity contribution in [2.24, 2.45) is 0 Å². The molecule has 26 heavy (non-hydrogen) atoms. The second-order valence-electron chi connectivity index (χ2n) is 5.51. The maximum Gasteiger partial charge on any atom is 0.343 e. The van der Waals surface area contributed by atoms with Crippen LogP contribution in [0.1, 0.15) is 46.9 Å². The molecule has 0 N–H and O–H groups in total. The third-order valence-electron chi connectivity index (χ3n) is 3.48. The predicted octanol–water partition coefficient (Wildman–Crippen LogP) is 6.21. The molecule has 0 saturated carbocycles. The number of carbonyl (C=O) groups is 2. The Kier molecular flexibility index (Phi) is 7.76. The van der Waals surface area contributed by atoms with E-state index in [0.717, 1.165) is 19.3 Å². The van der Waals surface area contributed by atoms with Crippen LogP contribution in [0.15, 0.2) is 36.4 Å². The lowest BCUT2D eigenvalue weighted by molar-refractivity contribution is 0.0498. The normalized spacial score (nSPS) is 10.5. The van der Waals surface area contributed by atoms with Crippen molar-refractivity contribution in [2.75, 3.05) is 6.61 Å². The summed E-state index contributed by atoms with van der Waals surface area (Å²) in [4.78, 5) is 24.4. The SMILES string of the molecule is CCCCCOC(=O)c1cccc(C(=O)Oc2cc(Cl)cc(Cl)c2Cl)c1. The molecule has 138 valence electrons. The first kappa shape index (κ1) is 20.6. The second kappa shape index (κ2) is 9.81. The zero-order chi connectivity index (χ0) is 19.1. The smallest absolute Gasteiger partial charge is 0.343 e. The van der Waals surface area contributed by atoms with Crippen LogP contribution in [0, 0.1) is 0 Å². The van der Waals surface area contributed by atoms with Crippen molar-refractivity contribution in [1.82, 2.24) is 0 Å². The summed E-state index contributed by atoms with van der Waals surface area (Å²) in [6.07, 6.45) is 2.83. The Morgan fingerprint density at radius 3 is 2.35 bits per heavy atom. The highest BCUT2D eigenvalue weighted by molar-refractivity contribution is 6.44. The molecule has 0 aromatic heterocycles. The number of benzene rings is 2. The molecule has 4 nitrogen and oxygen atoms in total. The fourth-order valence-electron chi connectivity index (χ4n) is 2.14. The molecule has 2 aromatic carbocycles. The van der Waals surface area contributed by atoms with Gasteiger partial charge in [0.05, 0.1) is 22.8 Å². The quantitative estimate of drug-likeness (QED) is 0.233. The molecule has 2 aromatic rings. The van der Waals surface area contributed by atoms with Gasteiger partial charge in [0, 0.05) is 11.1 Å². The number of unbranched alkanes of at least 4 members (excludes halogenated alkanes) is 2. The molecule has 7 heteroatoms. The van der Waals surface area contributed by atoms with E-state index in [2.05, 4.69) is 6.92 Å². The Labute approximate surface area is 167 Å². The zero-order valence-electron chi connectivity index (χ0n) is 14.1. The molecule has 0 heterocycles. The van der Waals surface area contributed by atoms with E-state index in [9.17, 15) is 9.59 Å². The van der Waals surface area contributed by atoms with E-state index < -0.39 is 11.9 Å². The molecule has 0 spiro atoms. The van der Waals surface area contributed by atoms with Gasteiger partial charge in [-0.25, -0.2) is 9.59 Å². The van der Waals surface area contributed by atoms with Crippen LogP contribution in [0.4, 0.5) is 0 Å². The van der Waals surface area contributed by atoms with E-state index in [4.69, 9.17) is 44.3 Å². The van der Waals surface area contributed by atoms with E-state index in [1.165, 1.54) is 24.3 Å². The van der Waals surface area contributed by atoms with Crippen LogP contribution in [0.3, 0.4) is 0 Å². The number of ether oxygens (including phenoxy) is 2. The number of hydrogen-bond donors (Lipinski definition) is 0. The van der Waals surface area contributed by atoms with E-state index in [1.54, 1.807) is 12.1 Å². The first-order chi connectivity index (χ1) is 12.4. The van der Waals surface area contributed by atoms with Gasteiger partial charge in [0.1, 0.15) is 5.02 Å². The molecule has 0 amide bonds. The van der Waals surface area contributed by atoms with E-state index in [1.807, 2.05) is 0 Å². The molecule has 0 fully saturated rings. The van der Waals surface area contributed by atoms with Crippen LogP contribution in [0.25, 0.3) is 0 Å². The van der Waals surface area contributed by atoms with Gasteiger partial charge in [-0.2, -0.15) is 0 Å². The van der Waals surface area contributed by atoms with Crippen molar-refractivity contribution in [1.29, 1.82) is 0 Å². The predicted molar refractivity (Wildman–Crippen MR) is 103 cm³/mol. The maximum absolute atomic E-state index is 12.3. The fourth-order valence-corrected chi connectivity index (χ4v) is 2.76. The van der Waals surface area contributed by atoms with Gasteiger partial charge in [-0.05, 0) is 30.7 Å². The highest BCUT2D eigenvalue weighted by Gasteiger charge is 2.16. The number of hydrogen-bond acceptors (Lipinski definition) is 4. The van der Waals surface area contributed by atoms with Gasteiger partial charge < -0.3 is 9.47 Å². The summed E-state index contributed by atoms with van der Waals surface area (Å²) in [5.41, 5.74) is 0.450. The summed E-state index contributed by atoms with van der Waals surface area (Å²) >= 11 is 17.8. The minimum atomic E-state index is -0.689. The van der Waals surface area contributed by atoms with Crippen LogP contribution in [0.2, 0.25) is 15.1 Å². The summed E-state index contributed by atoms with van der Waals surface area (Å²) in [5, 5.41) is 0.536. The number of rotatable bonds is 7. The lowest BCUT2D eigenvalue weighted by Gasteiger charge is -2.09.